The number of carbonyl (C=O) groups is 1. The van der Waals surface area contributed by atoms with Crippen LogP contribution in [0.4, 0.5) is 5.69 Å². The highest BCUT2D eigenvalue weighted by Crippen LogP contribution is 2.16. The van der Waals surface area contributed by atoms with E-state index in [1.54, 1.807) is 6.20 Å². The first-order chi connectivity index (χ1) is 7.63. The molecule has 1 heterocycles. The van der Waals surface area contributed by atoms with Gasteiger partial charge in [-0.25, -0.2) is 4.98 Å². The van der Waals surface area contributed by atoms with E-state index in [2.05, 4.69) is 15.6 Å². The molecule has 0 atom stereocenters. The minimum absolute atomic E-state index is 0.00114. The van der Waals surface area contributed by atoms with Crippen LogP contribution in [0.15, 0.2) is 12.3 Å². The van der Waals surface area contributed by atoms with Gasteiger partial charge in [0.15, 0.2) is 0 Å². The van der Waals surface area contributed by atoms with Gasteiger partial charge in [-0.05, 0) is 38.6 Å². The summed E-state index contributed by atoms with van der Waals surface area (Å²) < 4.78 is 0. The van der Waals surface area contributed by atoms with Gasteiger partial charge in [0.25, 0.3) is 0 Å². The summed E-state index contributed by atoms with van der Waals surface area (Å²) in [4.78, 5) is 15.5. The molecular formula is C11H16ClN3O. The van der Waals surface area contributed by atoms with Gasteiger partial charge in [-0.15, -0.1) is 0 Å². The first kappa shape index (κ1) is 12.9. The van der Waals surface area contributed by atoms with Crippen LogP contribution in [0, 0.1) is 6.92 Å². The Labute approximate surface area is 100 Å². The predicted molar refractivity (Wildman–Crippen MR) is 65.8 cm³/mol. The number of hydrogen-bond donors (Lipinski definition) is 2. The molecule has 1 rings (SSSR count). The molecule has 1 amide bonds. The van der Waals surface area contributed by atoms with Crippen molar-refractivity contribution < 1.29 is 4.79 Å². The van der Waals surface area contributed by atoms with Crippen molar-refractivity contribution in [3.8, 4) is 0 Å². The lowest BCUT2D eigenvalue weighted by molar-refractivity contribution is -0.116. The summed E-state index contributed by atoms with van der Waals surface area (Å²) in [6, 6.07) is 1.81. The van der Waals surface area contributed by atoms with Gasteiger partial charge in [0.05, 0.1) is 11.9 Å². The number of aryl methyl sites for hydroxylation is 1. The summed E-state index contributed by atoms with van der Waals surface area (Å²) in [6.45, 7) is 2.69. The summed E-state index contributed by atoms with van der Waals surface area (Å²) in [5, 5.41) is 6.24. The number of rotatable bonds is 5. The van der Waals surface area contributed by atoms with Crippen molar-refractivity contribution in [1.29, 1.82) is 0 Å². The fourth-order valence-corrected chi connectivity index (χ4v) is 1.38. The second-order valence-electron chi connectivity index (χ2n) is 3.59. The van der Waals surface area contributed by atoms with Crippen LogP contribution < -0.4 is 10.6 Å². The molecule has 0 aliphatic carbocycles. The molecule has 5 heteroatoms. The van der Waals surface area contributed by atoms with E-state index in [1.807, 2.05) is 20.0 Å². The summed E-state index contributed by atoms with van der Waals surface area (Å²) in [7, 11) is 1.87. The number of carbonyl (C=O) groups excluding carboxylic acids is 1. The van der Waals surface area contributed by atoms with Gasteiger partial charge in [0.1, 0.15) is 5.15 Å². The molecule has 0 saturated carbocycles. The lowest BCUT2D eigenvalue weighted by atomic mass is 10.2. The van der Waals surface area contributed by atoms with E-state index < -0.39 is 0 Å². The fraction of sp³-hybridized carbons (Fsp3) is 0.455. The summed E-state index contributed by atoms with van der Waals surface area (Å²) >= 11 is 5.79. The zero-order chi connectivity index (χ0) is 12.0. The maximum Gasteiger partial charge on any atom is 0.224 e. The molecule has 0 aliphatic rings. The van der Waals surface area contributed by atoms with Crippen molar-refractivity contribution in [1.82, 2.24) is 10.3 Å². The Morgan fingerprint density at radius 2 is 2.31 bits per heavy atom. The quantitative estimate of drug-likeness (QED) is 0.612. The fourth-order valence-electron chi connectivity index (χ4n) is 1.28. The number of hydrogen-bond acceptors (Lipinski definition) is 3. The Hall–Kier alpha value is -1.13. The van der Waals surface area contributed by atoms with Crippen molar-refractivity contribution in [2.24, 2.45) is 0 Å². The normalized spacial score (nSPS) is 10.2. The SMILES string of the molecule is CNCCCC(=O)Nc1cnc(Cl)c(C)c1. The third-order valence-electron chi connectivity index (χ3n) is 2.13. The molecule has 1 aromatic rings. The van der Waals surface area contributed by atoms with Crippen LogP contribution in [0.3, 0.4) is 0 Å². The van der Waals surface area contributed by atoms with E-state index in [1.165, 1.54) is 0 Å². The molecular weight excluding hydrogens is 226 g/mol. The first-order valence-electron chi connectivity index (χ1n) is 5.20. The van der Waals surface area contributed by atoms with Gasteiger partial charge in [-0.2, -0.15) is 0 Å². The van der Waals surface area contributed by atoms with Crippen LogP contribution in [0.5, 0.6) is 0 Å². The average Bonchev–Trinajstić information content (AvgIpc) is 2.24. The molecule has 0 fully saturated rings. The maximum absolute atomic E-state index is 11.5. The molecule has 0 unspecified atom stereocenters. The number of nitrogens with one attached hydrogen (secondary N) is 2. The minimum atomic E-state index is -0.00114. The number of anilines is 1. The van der Waals surface area contributed by atoms with Gasteiger partial charge in [0, 0.05) is 6.42 Å². The minimum Gasteiger partial charge on any atom is -0.325 e. The van der Waals surface area contributed by atoms with E-state index in [0.29, 0.717) is 17.3 Å². The summed E-state index contributed by atoms with van der Waals surface area (Å²) in [6.07, 6.45) is 2.89. The molecule has 0 radical (unpaired) electrons. The van der Waals surface area contributed by atoms with Crippen LogP contribution >= 0.6 is 11.6 Å². The summed E-state index contributed by atoms with van der Waals surface area (Å²) in [5.41, 5.74) is 1.55. The van der Waals surface area contributed by atoms with E-state index in [0.717, 1.165) is 18.5 Å². The Morgan fingerprint density at radius 3 is 2.94 bits per heavy atom. The van der Waals surface area contributed by atoms with Crippen LogP contribution in [0.25, 0.3) is 0 Å². The van der Waals surface area contributed by atoms with Crippen molar-refractivity contribution >= 4 is 23.2 Å². The molecule has 0 aliphatic heterocycles. The molecule has 4 nitrogen and oxygen atoms in total. The van der Waals surface area contributed by atoms with Gasteiger partial charge in [0.2, 0.25) is 5.91 Å². The van der Waals surface area contributed by atoms with Crippen LogP contribution in [0.1, 0.15) is 18.4 Å². The van der Waals surface area contributed by atoms with Crippen molar-refractivity contribution in [2.45, 2.75) is 19.8 Å². The standard InChI is InChI=1S/C11H16ClN3O/c1-8-6-9(7-14-11(8)12)15-10(16)4-3-5-13-2/h6-7,13H,3-5H2,1-2H3,(H,15,16). The number of pyridine rings is 1. The number of amides is 1. The summed E-state index contributed by atoms with van der Waals surface area (Å²) in [5.74, 6) is -0.00114. The van der Waals surface area contributed by atoms with Crippen molar-refractivity contribution in [2.75, 3.05) is 18.9 Å². The van der Waals surface area contributed by atoms with Crippen LogP contribution in [0.2, 0.25) is 5.15 Å². The van der Waals surface area contributed by atoms with Crippen molar-refractivity contribution in [3.05, 3.63) is 23.0 Å². The maximum atomic E-state index is 11.5. The third kappa shape index (κ3) is 4.16. The highest BCUT2D eigenvalue weighted by molar-refractivity contribution is 6.30. The molecule has 0 spiro atoms. The van der Waals surface area contributed by atoms with Gasteiger partial charge in [-0.1, -0.05) is 11.6 Å². The Kier molecular flexibility index (Phi) is 5.22. The zero-order valence-electron chi connectivity index (χ0n) is 9.51. The van der Waals surface area contributed by atoms with Gasteiger partial charge >= 0.3 is 0 Å². The zero-order valence-corrected chi connectivity index (χ0v) is 10.3. The number of halogens is 1. The van der Waals surface area contributed by atoms with Gasteiger partial charge < -0.3 is 10.6 Å². The molecule has 2 N–H and O–H groups in total. The Bertz CT molecular complexity index is 368. The Morgan fingerprint density at radius 1 is 1.56 bits per heavy atom. The van der Waals surface area contributed by atoms with Gasteiger partial charge in [-0.3, -0.25) is 4.79 Å². The van der Waals surface area contributed by atoms with Crippen LogP contribution in [-0.2, 0) is 4.79 Å². The van der Waals surface area contributed by atoms with E-state index in [-0.39, 0.29) is 5.91 Å². The third-order valence-corrected chi connectivity index (χ3v) is 2.52. The second-order valence-corrected chi connectivity index (χ2v) is 3.94. The molecule has 16 heavy (non-hydrogen) atoms. The highest BCUT2D eigenvalue weighted by atomic mass is 35.5. The molecule has 0 aromatic carbocycles. The second kappa shape index (κ2) is 6.45. The number of aromatic nitrogens is 1. The van der Waals surface area contributed by atoms with E-state index in [9.17, 15) is 4.79 Å². The van der Waals surface area contributed by atoms with E-state index in [4.69, 9.17) is 11.6 Å². The Balaban J connectivity index is 2.46. The van der Waals surface area contributed by atoms with Crippen LogP contribution in [-0.4, -0.2) is 24.5 Å². The monoisotopic (exact) mass is 241 g/mol. The van der Waals surface area contributed by atoms with E-state index >= 15 is 0 Å². The lowest BCUT2D eigenvalue weighted by Crippen LogP contribution is -2.15. The molecule has 0 saturated heterocycles. The lowest BCUT2D eigenvalue weighted by Gasteiger charge is -2.06. The largest absolute Gasteiger partial charge is 0.325 e. The van der Waals surface area contributed by atoms with Crippen molar-refractivity contribution in [3.63, 3.8) is 0 Å². The smallest absolute Gasteiger partial charge is 0.224 e. The highest BCUT2D eigenvalue weighted by Gasteiger charge is 2.03. The topological polar surface area (TPSA) is 54.0 Å². The predicted octanol–water partition coefficient (Wildman–Crippen LogP) is 1.98. The average molecular weight is 242 g/mol. The first-order valence-corrected chi connectivity index (χ1v) is 5.58. The molecule has 0 bridgehead atoms. The molecule has 88 valence electrons. The molecule has 1 aromatic heterocycles. The number of nitrogens with zero attached hydrogens (tertiary/aromatic N) is 1.